The zero-order chi connectivity index (χ0) is 48.6. The molecule has 66 heavy (non-hydrogen) atoms. The lowest BCUT2D eigenvalue weighted by Gasteiger charge is -2.71. The Hall–Kier alpha value is -0.980. The van der Waals surface area contributed by atoms with Crippen LogP contribution >= 0.6 is 0 Å². The Bertz CT molecular complexity index is 1680. The molecule has 12 N–H and O–H groups in total. The van der Waals surface area contributed by atoms with Crippen LogP contribution in [0.4, 0.5) is 0 Å². The van der Waals surface area contributed by atoms with E-state index in [0.29, 0.717) is 25.7 Å². The van der Waals surface area contributed by atoms with Crippen molar-refractivity contribution < 1.29 is 89.7 Å². The Morgan fingerprint density at radius 3 is 1.71 bits per heavy atom. The van der Waals surface area contributed by atoms with Gasteiger partial charge in [-0.15, -0.1) is 0 Å². The first-order valence-corrected chi connectivity index (χ1v) is 24.4. The number of aliphatic hydroxyl groups excluding tert-OH is 12. The fourth-order valence-corrected chi connectivity index (χ4v) is 14.9. The van der Waals surface area contributed by atoms with Gasteiger partial charge in [-0.3, -0.25) is 0 Å². The molecule has 0 radical (unpaired) electrons. The molecule has 0 bridgehead atoms. The van der Waals surface area contributed by atoms with E-state index in [1.807, 2.05) is 20.8 Å². The quantitative estimate of drug-likeness (QED) is 0.0853. The van der Waals surface area contributed by atoms with Crippen molar-refractivity contribution in [3.05, 3.63) is 11.6 Å². The summed E-state index contributed by atoms with van der Waals surface area (Å²) in [5, 5.41) is 129. The van der Waals surface area contributed by atoms with E-state index < -0.39 is 135 Å². The van der Waals surface area contributed by atoms with Crippen molar-refractivity contribution in [1.82, 2.24) is 0 Å². The standard InChI is InChI=1S/C48H82O18/c1-22(2)10-9-14-48(8,66-42-39(60)36(57)33(54)26(20-50)62-42)23-11-16-47(7)31(23)24(52)18-29-45(5)15-13-30(44(3,4)28(45)12-17-46(29,47)6)64-43-40(37(58)34(55)27(21-51)63-43)65-41-38(59)35(56)32(53)25(19-49)61-41/h10,23-43,49-60H,9,11-21H2,1-8H3/t23-,24+,25-,26-,27+,28+,29+,30-,31-,32-,33-,34+,35+,36+,37-,38-,39-,40+,41+,42+,43-,45-,46+,47+,48-/m0/s1. The van der Waals surface area contributed by atoms with E-state index in [9.17, 15) is 61.3 Å². The molecule has 382 valence electrons. The molecule has 0 aromatic heterocycles. The van der Waals surface area contributed by atoms with Gasteiger partial charge in [0.15, 0.2) is 18.9 Å². The number of hydrogen-bond donors (Lipinski definition) is 12. The second kappa shape index (κ2) is 19.6. The summed E-state index contributed by atoms with van der Waals surface area (Å²) in [5.74, 6) is -0.151. The summed E-state index contributed by atoms with van der Waals surface area (Å²) in [6, 6.07) is 0. The van der Waals surface area contributed by atoms with Crippen molar-refractivity contribution in [1.29, 1.82) is 0 Å². The Kier molecular flexibility index (Phi) is 15.7. The molecular weight excluding hydrogens is 865 g/mol. The SMILES string of the molecule is CC(C)=CCC[C@](C)(O[C@H]1O[C@@H](CO)[C@H](O)[C@@H](O)[C@@H]1O)[C@H]1CC[C@]2(C)[C@@H]1[C@H](O)C[C@@H]1[C@@]3(C)CC[C@H](O[C@@H]4O[C@H](CO)[C@@H](O)[C@H](O)[C@H]4O[C@H]4O[C@@H](CO)[C@H](O)[C@@H](O)[C@@H]4O)C(C)(C)[C@H]3CC[C@]12C. The lowest BCUT2D eigenvalue weighted by Crippen LogP contribution is -2.68. The molecule has 0 aromatic rings. The average Bonchev–Trinajstić information content (AvgIpc) is 3.65. The van der Waals surface area contributed by atoms with Crippen LogP contribution in [0.25, 0.3) is 0 Å². The molecule has 0 aromatic carbocycles. The number of fused-ring (bicyclic) bond motifs is 5. The van der Waals surface area contributed by atoms with Crippen molar-refractivity contribution in [3.63, 3.8) is 0 Å². The van der Waals surface area contributed by atoms with Crippen molar-refractivity contribution in [2.24, 2.45) is 45.3 Å². The van der Waals surface area contributed by atoms with Crippen molar-refractivity contribution in [2.75, 3.05) is 19.8 Å². The molecule has 3 heterocycles. The minimum absolute atomic E-state index is 0.0905. The van der Waals surface area contributed by atoms with Crippen LogP contribution < -0.4 is 0 Å². The lowest BCUT2D eigenvalue weighted by atomic mass is 9.35. The predicted molar refractivity (Wildman–Crippen MR) is 234 cm³/mol. The summed E-state index contributed by atoms with van der Waals surface area (Å²) < 4.78 is 37.2. The summed E-state index contributed by atoms with van der Waals surface area (Å²) in [7, 11) is 0. The molecule has 25 atom stereocenters. The summed E-state index contributed by atoms with van der Waals surface area (Å²) in [6.45, 7) is 15.5. The highest BCUT2D eigenvalue weighted by Crippen LogP contribution is 2.76. The van der Waals surface area contributed by atoms with Crippen LogP contribution in [-0.2, 0) is 28.4 Å². The Morgan fingerprint density at radius 1 is 0.606 bits per heavy atom. The Morgan fingerprint density at radius 2 is 1.14 bits per heavy atom. The summed E-state index contributed by atoms with van der Waals surface area (Å²) >= 11 is 0. The molecule has 18 heteroatoms. The molecule has 4 aliphatic carbocycles. The molecule has 7 rings (SSSR count). The fraction of sp³-hybridized carbons (Fsp3) is 0.958. The average molecular weight is 947 g/mol. The highest BCUT2D eigenvalue weighted by atomic mass is 16.8. The fourth-order valence-electron chi connectivity index (χ4n) is 14.9. The van der Waals surface area contributed by atoms with E-state index in [4.69, 9.17) is 28.4 Å². The minimum Gasteiger partial charge on any atom is -0.394 e. The lowest BCUT2D eigenvalue weighted by molar-refractivity contribution is -0.378. The molecule has 3 saturated heterocycles. The van der Waals surface area contributed by atoms with Gasteiger partial charge in [-0.25, -0.2) is 0 Å². The van der Waals surface area contributed by atoms with Gasteiger partial charge < -0.3 is 89.7 Å². The third-order valence-corrected chi connectivity index (χ3v) is 18.8. The van der Waals surface area contributed by atoms with Gasteiger partial charge in [-0.05, 0) is 124 Å². The molecule has 3 aliphatic heterocycles. The van der Waals surface area contributed by atoms with Gasteiger partial charge in [-0.2, -0.15) is 0 Å². The van der Waals surface area contributed by atoms with E-state index >= 15 is 0 Å². The van der Waals surface area contributed by atoms with Crippen LogP contribution in [0.1, 0.15) is 113 Å². The molecule has 0 spiro atoms. The molecule has 4 saturated carbocycles. The highest BCUT2D eigenvalue weighted by Gasteiger charge is 2.72. The Balaban J connectivity index is 1.13. The van der Waals surface area contributed by atoms with Crippen molar-refractivity contribution >= 4 is 0 Å². The summed E-state index contributed by atoms with van der Waals surface area (Å²) in [5.41, 5.74) is -1.12. The van der Waals surface area contributed by atoms with E-state index in [1.54, 1.807) is 0 Å². The van der Waals surface area contributed by atoms with Gasteiger partial charge >= 0.3 is 0 Å². The van der Waals surface area contributed by atoms with E-state index in [2.05, 4.69) is 40.7 Å². The van der Waals surface area contributed by atoms with Crippen LogP contribution in [0.3, 0.4) is 0 Å². The van der Waals surface area contributed by atoms with E-state index in [-0.39, 0.29) is 39.9 Å². The summed E-state index contributed by atoms with van der Waals surface area (Å²) in [6.07, 6.45) is -15.4. The van der Waals surface area contributed by atoms with Gasteiger partial charge in [-0.1, -0.05) is 46.3 Å². The number of allylic oxidation sites excluding steroid dienone is 2. The van der Waals surface area contributed by atoms with Crippen LogP contribution in [0, 0.1) is 45.3 Å². The molecule has 7 fully saturated rings. The van der Waals surface area contributed by atoms with Gasteiger partial charge in [0, 0.05) is 0 Å². The van der Waals surface area contributed by atoms with E-state index in [1.165, 1.54) is 0 Å². The van der Waals surface area contributed by atoms with Crippen LogP contribution in [-0.4, -0.2) is 191 Å². The van der Waals surface area contributed by atoms with Crippen molar-refractivity contribution in [2.45, 2.75) is 223 Å². The largest absolute Gasteiger partial charge is 0.394 e. The van der Waals surface area contributed by atoms with Crippen LogP contribution in [0.15, 0.2) is 11.6 Å². The first kappa shape index (κ1) is 52.8. The maximum Gasteiger partial charge on any atom is 0.187 e. The number of ether oxygens (including phenoxy) is 6. The number of aliphatic hydroxyl groups is 12. The molecule has 18 nitrogen and oxygen atoms in total. The predicted octanol–water partition coefficient (Wildman–Crippen LogP) is -0.0268. The second-order valence-electron chi connectivity index (χ2n) is 22.9. The van der Waals surface area contributed by atoms with Crippen molar-refractivity contribution in [3.8, 4) is 0 Å². The van der Waals surface area contributed by atoms with Gasteiger partial charge in [0.1, 0.15) is 73.2 Å². The molecular formula is C48H82O18. The van der Waals surface area contributed by atoms with Gasteiger partial charge in [0.25, 0.3) is 0 Å². The third-order valence-electron chi connectivity index (χ3n) is 18.8. The Labute approximate surface area is 388 Å². The maximum absolute atomic E-state index is 12.7. The smallest absolute Gasteiger partial charge is 0.187 e. The minimum atomic E-state index is -1.79. The van der Waals surface area contributed by atoms with Gasteiger partial charge in [0.05, 0.1) is 37.6 Å². The van der Waals surface area contributed by atoms with Gasteiger partial charge in [0.2, 0.25) is 0 Å². The first-order valence-electron chi connectivity index (χ1n) is 24.4. The molecule has 0 unspecified atom stereocenters. The zero-order valence-electron chi connectivity index (χ0n) is 40.0. The zero-order valence-corrected chi connectivity index (χ0v) is 40.0. The monoisotopic (exact) mass is 947 g/mol. The van der Waals surface area contributed by atoms with E-state index in [0.717, 1.165) is 37.7 Å². The molecule has 0 amide bonds. The topological polar surface area (TPSA) is 298 Å². The highest BCUT2D eigenvalue weighted by molar-refractivity contribution is 5.20. The first-order chi connectivity index (χ1) is 30.8. The third kappa shape index (κ3) is 8.79. The maximum atomic E-state index is 12.7. The number of rotatable bonds is 13. The summed E-state index contributed by atoms with van der Waals surface area (Å²) in [4.78, 5) is 0. The second-order valence-corrected chi connectivity index (χ2v) is 22.9. The number of hydrogen-bond acceptors (Lipinski definition) is 18. The normalized spacial score (nSPS) is 52.4. The van der Waals surface area contributed by atoms with Crippen LogP contribution in [0.5, 0.6) is 0 Å². The molecule has 7 aliphatic rings. The van der Waals surface area contributed by atoms with Crippen LogP contribution in [0.2, 0.25) is 0 Å².